The molecule has 0 rings (SSSR count). The van der Waals surface area contributed by atoms with E-state index in [1.54, 1.807) is 0 Å². The summed E-state index contributed by atoms with van der Waals surface area (Å²) in [5, 5.41) is 0. The second-order valence-corrected chi connectivity index (χ2v) is 0. The molecule has 0 bridgehead atoms. The van der Waals surface area contributed by atoms with Gasteiger partial charge in [0.25, 0.3) is 0 Å². The Morgan fingerprint density at radius 2 is 1.00 bits per heavy atom. The molecule has 5 heavy (non-hydrogen) atoms. The molecule has 46 valence electrons. The molecular formula is H4AuCrCuNiSi. The van der Waals surface area contributed by atoms with Crippen molar-refractivity contribution >= 4 is 11.0 Å². The van der Waals surface area contributed by atoms with E-state index in [9.17, 15) is 0 Å². The number of rotatable bonds is 0. The van der Waals surface area contributed by atoms with Gasteiger partial charge in [0.1, 0.15) is 0 Å². The van der Waals surface area contributed by atoms with Gasteiger partial charge in [-0.25, -0.2) is 0 Å². The van der Waals surface area contributed by atoms with Crippen LogP contribution in [0, 0.1) is 0 Å². The van der Waals surface area contributed by atoms with Crippen LogP contribution in [0.1, 0.15) is 0 Å². The minimum atomic E-state index is 0. The largest absolute Gasteiger partial charge is 0.0149 e. The van der Waals surface area contributed by atoms with Gasteiger partial charge >= 0.3 is 0 Å². The van der Waals surface area contributed by atoms with E-state index in [4.69, 9.17) is 0 Å². The van der Waals surface area contributed by atoms with Crippen molar-refractivity contribution in [3.8, 4) is 0 Å². The second-order valence-electron chi connectivity index (χ2n) is 0. The van der Waals surface area contributed by atoms with Crippen LogP contribution in [0.4, 0.5) is 0 Å². The molecule has 0 fully saturated rings. The van der Waals surface area contributed by atoms with Crippen LogP contribution >= 0.6 is 0 Å². The molecule has 0 aliphatic carbocycles. The first-order valence-corrected chi connectivity index (χ1v) is 0. The summed E-state index contributed by atoms with van der Waals surface area (Å²) in [6.45, 7) is 0. The molecule has 0 amide bonds. The molecule has 0 N–H and O–H groups in total. The van der Waals surface area contributed by atoms with Crippen LogP contribution in [0.2, 0.25) is 0 Å². The van der Waals surface area contributed by atoms with Crippen molar-refractivity contribution in [1.29, 1.82) is 0 Å². The van der Waals surface area contributed by atoms with E-state index in [0.717, 1.165) is 0 Å². The van der Waals surface area contributed by atoms with Gasteiger partial charge in [-0.1, -0.05) is 0 Å². The van der Waals surface area contributed by atoms with Crippen molar-refractivity contribution in [2.75, 3.05) is 0 Å². The third-order valence-electron chi connectivity index (χ3n) is 0. The van der Waals surface area contributed by atoms with Gasteiger partial charge in [-0.05, 0) is 11.0 Å². The predicted octanol–water partition coefficient (Wildman–Crippen LogP) is -1.46. The summed E-state index contributed by atoms with van der Waals surface area (Å²) in [6, 6.07) is 0. The minimum absolute atomic E-state index is 0. The maximum Gasteiger partial charge on any atom is 0 e. The fourth-order valence-corrected chi connectivity index (χ4v) is 0. The molecule has 0 atom stereocenters. The first-order valence-electron chi connectivity index (χ1n) is 0. The van der Waals surface area contributed by atoms with Gasteiger partial charge in [-0.2, -0.15) is 0 Å². The van der Waals surface area contributed by atoms with Gasteiger partial charge in [-0.3, -0.25) is 0 Å². The molecule has 0 nitrogen and oxygen atoms in total. The Balaban J connectivity index is 0. The normalized spacial score (nSPS) is 0. The molecule has 2 radical (unpaired) electrons. The Hall–Kier alpha value is 2.50. The molecule has 0 heterocycles. The van der Waals surface area contributed by atoms with Crippen LogP contribution in [0.15, 0.2) is 0 Å². The molecule has 0 saturated carbocycles. The van der Waals surface area contributed by atoms with Crippen molar-refractivity contribution < 1.29 is 73.3 Å². The zero-order valence-corrected chi connectivity index (χ0v) is 6.70. The Bertz CT molecular complexity index is 11.6. The van der Waals surface area contributed by atoms with E-state index >= 15 is 0 Å². The molecule has 0 unspecified atom stereocenters. The monoisotopic (exact) mass is 402 g/mol. The molecule has 0 aliphatic rings. The average Bonchev–Trinajstić information content (AvgIpc) is 0. The van der Waals surface area contributed by atoms with Crippen molar-refractivity contribution in [2.45, 2.75) is 0 Å². The van der Waals surface area contributed by atoms with Crippen LogP contribution in [0.3, 0.4) is 0 Å². The third-order valence-corrected chi connectivity index (χ3v) is 0. The van der Waals surface area contributed by atoms with Gasteiger partial charge in [-0.15, -0.1) is 0 Å². The average molecular weight is 403 g/mol. The van der Waals surface area contributed by atoms with Crippen molar-refractivity contribution in [3.63, 3.8) is 0 Å². The molecule has 0 aliphatic heterocycles. The fraction of sp³-hybridized carbons (Fsp3) is 0. The SMILES string of the molecule is [Au].[Cr].[Cu].[Ni].[SiH4]. The molecule has 0 aromatic carbocycles. The number of hydrogen-bond donors (Lipinski definition) is 0. The Morgan fingerprint density at radius 1 is 1.00 bits per heavy atom. The quantitative estimate of drug-likeness (QED) is 0.434. The zero-order valence-electron chi connectivity index (χ0n) is 1.33. The van der Waals surface area contributed by atoms with Crippen LogP contribution in [-0.2, 0) is 73.3 Å². The summed E-state index contributed by atoms with van der Waals surface area (Å²) in [6.07, 6.45) is 0. The van der Waals surface area contributed by atoms with E-state index in [1.807, 2.05) is 0 Å². The second kappa shape index (κ2) is 31.4. The van der Waals surface area contributed by atoms with Gasteiger partial charge in [0.05, 0.1) is 0 Å². The smallest absolute Gasteiger partial charge is 0 e. The Kier molecular flexibility index (Phi) is 318. The Morgan fingerprint density at radius 3 is 1.00 bits per heavy atom. The molecular weight excluding hydrogens is 399 g/mol. The summed E-state index contributed by atoms with van der Waals surface area (Å²) in [7, 11) is 0. The third kappa shape index (κ3) is 21.0. The summed E-state index contributed by atoms with van der Waals surface area (Å²) in [4.78, 5) is 0. The van der Waals surface area contributed by atoms with E-state index < -0.39 is 0 Å². The maximum atomic E-state index is 0. The maximum absolute atomic E-state index is 0. The molecule has 0 aromatic rings. The minimum Gasteiger partial charge on any atom is -0.0149 e. The van der Waals surface area contributed by atoms with Crippen molar-refractivity contribution in [1.82, 2.24) is 0 Å². The first-order chi connectivity index (χ1) is 0. The van der Waals surface area contributed by atoms with E-state index in [2.05, 4.69) is 0 Å². The fourth-order valence-electron chi connectivity index (χ4n) is 0. The summed E-state index contributed by atoms with van der Waals surface area (Å²) >= 11 is 0. The van der Waals surface area contributed by atoms with E-state index in [-0.39, 0.29) is 84.3 Å². The van der Waals surface area contributed by atoms with Crippen LogP contribution < -0.4 is 0 Å². The van der Waals surface area contributed by atoms with Crippen molar-refractivity contribution in [3.05, 3.63) is 0 Å². The molecule has 0 aromatic heterocycles. The van der Waals surface area contributed by atoms with Gasteiger partial charge in [0, 0.05) is 73.3 Å². The number of hydrogen-bond acceptors (Lipinski definition) is 0. The van der Waals surface area contributed by atoms with Crippen molar-refractivity contribution in [2.24, 2.45) is 0 Å². The van der Waals surface area contributed by atoms with Crippen LogP contribution in [0.5, 0.6) is 0 Å². The van der Waals surface area contributed by atoms with E-state index in [1.165, 1.54) is 0 Å². The summed E-state index contributed by atoms with van der Waals surface area (Å²) in [5.41, 5.74) is 0. The van der Waals surface area contributed by atoms with Gasteiger partial charge in [0.2, 0.25) is 0 Å². The van der Waals surface area contributed by atoms with Gasteiger partial charge < -0.3 is 0 Å². The summed E-state index contributed by atoms with van der Waals surface area (Å²) < 4.78 is 0. The molecule has 0 saturated heterocycles. The Labute approximate surface area is 83.3 Å². The molecule has 5 heteroatoms. The van der Waals surface area contributed by atoms with Crippen LogP contribution in [-0.4, -0.2) is 11.0 Å². The topological polar surface area (TPSA) is 0 Å². The predicted molar refractivity (Wildman–Crippen MR) is 11.3 cm³/mol. The zero-order chi connectivity index (χ0) is 0. The molecule has 0 spiro atoms. The van der Waals surface area contributed by atoms with Gasteiger partial charge in [0.15, 0.2) is 0 Å². The van der Waals surface area contributed by atoms with Crippen LogP contribution in [0.25, 0.3) is 0 Å². The summed E-state index contributed by atoms with van der Waals surface area (Å²) in [5.74, 6) is 0. The first kappa shape index (κ1) is 50.7. The van der Waals surface area contributed by atoms with E-state index in [0.29, 0.717) is 0 Å². The standard InChI is InChI=1S/Au.Cr.Cu.Ni.H4Si/h;;;;1H4.